The van der Waals surface area contributed by atoms with Crippen molar-refractivity contribution in [3.63, 3.8) is 0 Å². The zero-order valence-electron chi connectivity index (χ0n) is 17.4. The molecule has 1 aromatic carbocycles. The van der Waals surface area contributed by atoms with Crippen LogP contribution in [0.1, 0.15) is 30.6 Å². The number of nitrogens with zero attached hydrogens (tertiary/aromatic N) is 2. The van der Waals surface area contributed by atoms with Crippen molar-refractivity contribution in [1.29, 1.82) is 5.26 Å². The summed E-state index contributed by atoms with van der Waals surface area (Å²) in [5.74, 6) is -1.43. The standard InChI is InChI=1S/C24H25F2N3O2/c1-4-24(25,26)15-31-21-8-9-23(28-13-21)17(3)29-16(2)22-11-19(22)14-30-20-7-5-6-18(10-20)12-27/h4-10,13,17,19,22,29H,1-2,11,14-15H2,3H3/t17-,19+,22+/m1/s1. The molecule has 3 atom stereocenters. The highest BCUT2D eigenvalue weighted by Gasteiger charge is 2.40. The van der Waals surface area contributed by atoms with Gasteiger partial charge in [-0.2, -0.15) is 14.0 Å². The minimum atomic E-state index is -3.08. The van der Waals surface area contributed by atoms with Gasteiger partial charge < -0.3 is 14.8 Å². The SMILES string of the molecule is C=CC(F)(F)COc1ccc([C@@H](C)NC(=C)[C@@H]2C[C@H]2COc2cccc(C#N)c2)nc1. The fraction of sp³-hybridized carbons (Fsp3) is 0.333. The van der Waals surface area contributed by atoms with E-state index in [1.54, 1.807) is 30.3 Å². The summed E-state index contributed by atoms with van der Waals surface area (Å²) in [4.78, 5) is 4.30. The van der Waals surface area contributed by atoms with Gasteiger partial charge >= 0.3 is 0 Å². The Balaban J connectivity index is 1.44. The van der Waals surface area contributed by atoms with Crippen molar-refractivity contribution < 1.29 is 18.3 Å². The number of pyridine rings is 1. The molecule has 1 aromatic heterocycles. The quantitative estimate of drug-likeness (QED) is 0.511. The maximum absolute atomic E-state index is 13.2. The molecule has 0 saturated heterocycles. The van der Waals surface area contributed by atoms with Crippen LogP contribution in [-0.4, -0.2) is 24.1 Å². The summed E-state index contributed by atoms with van der Waals surface area (Å²) in [7, 11) is 0. The van der Waals surface area contributed by atoms with Crippen LogP contribution in [0.4, 0.5) is 8.78 Å². The summed E-state index contributed by atoms with van der Waals surface area (Å²) in [6, 6.07) is 12.5. The van der Waals surface area contributed by atoms with Crippen molar-refractivity contribution in [2.45, 2.75) is 25.3 Å². The first-order chi connectivity index (χ1) is 14.8. The first kappa shape index (κ1) is 22.3. The molecule has 1 aliphatic carbocycles. The van der Waals surface area contributed by atoms with Crippen LogP contribution < -0.4 is 14.8 Å². The normalized spacial score (nSPS) is 18.4. The second-order valence-corrected chi connectivity index (χ2v) is 7.62. The second kappa shape index (κ2) is 9.61. The number of aromatic nitrogens is 1. The van der Waals surface area contributed by atoms with Crippen molar-refractivity contribution in [2.24, 2.45) is 11.8 Å². The van der Waals surface area contributed by atoms with Gasteiger partial charge in [-0.15, -0.1) is 0 Å². The van der Waals surface area contributed by atoms with Crippen molar-refractivity contribution >= 4 is 0 Å². The molecule has 1 fully saturated rings. The Morgan fingerprint density at radius 2 is 2.16 bits per heavy atom. The molecule has 0 bridgehead atoms. The summed E-state index contributed by atoms with van der Waals surface area (Å²) >= 11 is 0. The molecule has 3 rings (SSSR count). The molecule has 0 spiro atoms. The van der Waals surface area contributed by atoms with Gasteiger partial charge in [-0.25, -0.2) is 0 Å². The number of halogens is 2. The van der Waals surface area contributed by atoms with Gasteiger partial charge in [0.2, 0.25) is 0 Å². The van der Waals surface area contributed by atoms with Crippen molar-refractivity contribution in [2.75, 3.05) is 13.2 Å². The van der Waals surface area contributed by atoms with Gasteiger partial charge in [0.05, 0.1) is 36.2 Å². The molecular weight excluding hydrogens is 400 g/mol. The van der Waals surface area contributed by atoms with E-state index in [9.17, 15) is 8.78 Å². The Bertz CT molecular complexity index is 970. The molecule has 1 heterocycles. The smallest absolute Gasteiger partial charge is 0.299 e. The van der Waals surface area contributed by atoms with Gasteiger partial charge in [0.15, 0.2) is 6.61 Å². The van der Waals surface area contributed by atoms with Crippen molar-refractivity contribution in [3.8, 4) is 17.6 Å². The Hall–Kier alpha value is -3.40. The van der Waals surface area contributed by atoms with Crippen LogP contribution in [-0.2, 0) is 0 Å². The van der Waals surface area contributed by atoms with Crippen LogP contribution in [0.3, 0.4) is 0 Å². The Morgan fingerprint density at radius 3 is 2.84 bits per heavy atom. The van der Waals surface area contributed by atoms with Gasteiger partial charge in [-0.3, -0.25) is 4.98 Å². The highest BCUT2D eigenvalue weighted by atomic mass is 19.3. The number of nitrogens with one attached hydrogen (secondary N) is 1. The van der Waals surface area contributed by atoms with Crippen LogP contribution in [0.15, 0.2) is 67.5 Å². The Morgan fingerprint density at radius 1 is 1.35 bits per heavy atom. The predicted octanol–water partition coefficient (Wildman–Crippen LogP) is 5.03. The number of rotatable bonds is 11. The molecule has 0 aliphatic heterocycles. The molecule has 0 amide bonds. The molecule has 0 unspecified atom stereocenters. The number of benzene rings is 1. The summed E-state index contributed by atoms with van der Waals surface area (Å²) in [5, 5.41) is 12.3. The average Bonchev–Trinajstić information content (AvgIpc) is 3.57. The highest BCUT2D eigenvalue weighted by molar-refractivity contribution is 5.36. The van der Waals surface area contributed by atoms with E-state index in [2.05, 4.69) is 29.5 Å². The zero-order valence-corrected chi connectivity index (χ0v) is 17.4. The minimum absolute atomic E-state index is 0.0920. The van der Waals surface area contributed by atoms with Crippen molar-refractivity contribution in [3.05, 3.63) is 78.8 Å². The summed E-state index contributed by atoms with van der Waals surface area (Å²) in [5.41, 5.74) is 2.24. The molecule has 0 radical (unpaired) electrons. The number of hydrogen-bond donors (Lipinski definition) is 1. The molecule has 5 nitrogen and oxygen atoms in total. The van der Waals surface area contributed by atoms with E-state index in [0.717, 1.165) is 17.8 Å². The molecule has 1 saturated carbocycles. The van der Waals surface area contributed by atoms with E-state index < -0.39 is 12.5 Å². The Labute approximate surface area is 181 Å². The fourth-order valence-corrected chi connectivity index (χ4v) is 3.15. The summed E-state index contributed by atoms with van der Waals surface area (Å²) < 4.78 is 37.2. The van der Waals surface area contributed by atoms with Gasteiger partial charge in [0.25, 0.3) is 5.92 Å². The lowest BCUT2D eigenvalue weighted by Gasteiger charge is -2.18. The topological polar surface area (TPSA) is 67.2 Å². The highest BCUT2D eigenvalue weighted by Crippen LogP contribution is 2.43. The summed E-state index contributed by atoms with van der Waals surface area (Å²) in [6.45, 7) is 8.98. The van der Waals surface area contributed by atoms with Crippen LogP contribution >= 0.6 is 0 Å². The monoisotopic (exact) mass is 425 g/mol. The van der Waals surface area contributed by atoms with E-state index in [-0.39, 0.29) is 11.8 Å². The molecule has 7 heteroatoms. The minimum Gasteiger partial charge on any atom is -0.493 e. The second-order valence-electron chi connectivity index (χ2n) is 7.62. The lowest BCUT2D eigenvalue weighted by molar-refractivity contribution is 0.00532. The van der Waals surface area contributed by atoms with Crippen LogP contribution in [0.5, 0.6) is 11.5 Å². The van der Waals surface area contributed by atoms with E-state index in [4.69, 9.17) is 14.7 Å². The van der Waals surface area contributed by atoms with Crippen LogP contribution in [0.2, 0.25) is 0 Å². The van der Waals surface area contributed by atoms with Gasteiger partial charge in [-0.1, -0.05) is 19.2 Å². The number of alkyl halides is 2. The van der Waals surface area contributed by atoms with Gasteiger partial charge in [-0.05, 0) is 49.8 Å². The number of hydrogen-bond acceptors (Lipinski definition) is 5. The maximum atomic E-state index is 13.2. The number of nitriles is 1. The summed E-state index contributed by atoms with van der Waals surface area (Å²) in [6.07, 6.45) is 2.97. The third-order valence-corrected chi connectivity index (χ3v) is 5.13. The molecule has 162 valence electrons. The van der Waals surface area contributed by atoms with E-state index in [1.807, 2.05) is 13.0 Å². The number of ether oxygens (including phenoxy) is 2. The third kappa shape index (κ3) is 6.29. The predicted molar refractivity (Wildman–Crippen MR) is 114 cm³/mol. The van der Waals surface area contributed by atoms with Crippen molar-refractivity contribution in [1.82, 2.24) is 10.3 Å². The molecular formula is C24H25F2N3O2. The van der Waals surface area contributed by atoms with E-state index in [0.29, 0.717) is 35.8 Å². The first-order valence-electron chi connectivity index (χ1n) is 10.00. The average molecular weight is 425 g/mol. The largest absolute Gasteiger partial charge is 0.493 e. The third-order valence-electron chi connectivity index (χ3n) is 5.13. The molecule has 1 aliphatic rings. The lowest BCUT2D eigenvalue weighted by atomic mass is 10.1. The molecule has 31 heavy (non-hydrogen) atoms. The lowest BCUT2D eigenvalue weighted by Crippen LogP contribution is -2.22. The Kier molecular flexibility index (Phi) is 6.91. The van der Waals surface area contributed by atoms with Crippen LogP contribution in [0.25, 0.3) is 0 Å². The first-order valence-corrected chi connectivity index (χ1v) is 10.00. The fourth-order valence-electron chi connectivity index (χ4n) is 3.15. The maximum Gasteiger partial charge on any atom is 0.299 e. The van der Waals surface area contributed by atoms with E-state index >= 15 is 0 Å². The van der Waals surface area contributed by atoms with Gasteiger partial charge in [0.1, 0.15) is 11.5 Å². The van der Waals surface area contributed by atoms with Gasteiger partial charge in [0, 0.05) is 17.5 Å². The molecule has 1 N–H and O–H groups in total. The molecule has 2 aromatic rings. The van der Waals surface area contributed by atoms with E-state index in [1.165, 1.54) is 6.20 Å². The zero-order chi connectivity index (χ0) is 22.4. The van der Waals surface area contributed by atoms with Crippen LogP contribution in [0, 0.1) is 23.2 Å². The number of allylic oxidation sites excluding steroid dienone is 1.